The summed E-state index contributed by atoms with van der Waals surface area (Å²) in [6, 6.07) is 8.46. The predicted octanol–water partition coefficient (Wildman–Crippen LogP) is 2.54. The van der Waals surface area contributed by atoms with Crippen molar-refractivity contribution >= 4 is 40.8 Å². The number of carbonyl (C=O) groups is 3. The van der Waals surface area contributed by atoms with E-state index in [4.69, 9.17) is 17.3 Å². The summed E-state index contributed by atoms with van der Waals surface area (Å²) < 4.78 is 0. The number of aryl methyl sites for hydroxylation is 1. The number of nitrogens with zero attached hydrogens (tertiary/aromatic N) is 5. The van der Waals surface area contributed by atoms with E-state index in [2.05, 4.69) is 32.0 Å². The maximum absolute atomic E-state index is 12.9. The van der Waals surface area contributed by atoms with Gasteiger partial charge in [-0.2, -0.15) is 0 Å². The molecule has 2 aliphatic rings. The van der Waals surface area contributed by atoms with E-state index in [0.29, 0.717) is 24.9 Å². The maximum Gasteiger partial charge on any atom is 0.274 e. The SMILES string of the molecule is CC[C@H]1CN(c2nc(N)c(C(=O)NCC(C)=O)nc2Cl)CCN1C1CCN(C(=O)c2ccc(C)cc2)CC1. The van der Waals surface area contributed by atoms with Gasteiger partial charge in [0.15, 0.2) is 22.5 Å². The normalized spacial score (nSPS) is 18.9. The molecule has 0 saturated carbocycles. The molecule has 4 rings (SSSR count). The zero-order chi connectivity index (χ0) is 27.4. The molecular formula is C27H36ClN7O3. The number of piperidine rings is 1. The first kappa shape index (κ1) is 27.8. The number of halogens is 1. The van der Waals surface area contributed by atoms with Crippen LogP contribution in [-0.4, -0.2) is 88.7 Å². The number of anilines is 2. The van der Waals surface area contributed by atoms with Crippen molar-refractivity contribution in [2.75, 3.05) is 49.9 Å². The number of nitrogens with one attached hydrogen (secondary N) is 1. The van der Waals surface area contributed by atoms with E-state index in [0.717, 1.165) is 50.0 Å². The molecule has 0 aliphatic carbocycles. The van der Waals surface area contributed by atoms with Crippen molar-refractivity contribution in [1.82, 2.24) is 25.1 Å². The Morgan fingerprint density at radius 2 is 1.76 bits per heavy atom. The number of aromatic nitrogens is 2. The molecule has 1 aromatic carbocycles. The van der Waals surface area contributed by atoms with Crippen molar-refractivity contribution in [2.45, 2.75) is 52.1 Å². The fourth-order valence-corrected chi connectivity index (χ4v) is 5.51. The van der Waals surface area contributed by atoms with Crippen LogP contribution in [0.25, 0.3) is 0 Å². The molecule has 0 bridgehead atoms. The minimum absolute atomic E-state index is 0.0217. The first-order chi connectivity index (χ1) is 18.2. The molecule has 3 heterocycles. The smallest absolute Gasteiger partial charge is 0.274 e. The van der Waals surface area contributed by atoms with Crippen LogP contribution in [0.1, 0.15) is 59.5 Å². The number of amides is 2. The zero-order valence-corrected chi connectivity index (χ0v) is 23.0. The number of benzene rings is 1. The van der Waals surface area contributed by atoms with Crippen LogP contribution >= 0.6 is 11.6 Å². The Morgan fingerprint density at radius 3 is 2.39 bits per heavy atom. The lowest BCUT2D eigenvalue weighted by Gasteiger charge is -2.47. The highest BCUT2D eigenvalue weighted by Gasteiger charge is 2.35. The van der Waals surface area contributed by atoms with Gasteiger partial charge in [-0.25, -0.2) is 9.97 Å². The minimum atomic E-state index is -0.581. The topological polar surface area (TPSA) is 125 Å². The van der Waals surface area contributed by atoms with Crippen LogP contribution in [0.15, 0.2) is 24.3 Å². The second-order valence-corrected chi connectivity index (χ2v) is 10.4. The van der Waals surface area contributed by atoms with Gasteiger partial charge in [0, 0.05) is 50.4 Å². The number of likely N-dealkylation sites (tertiary alicyclic amines) is 1. The quantitative estimate of drug-likeness (QED) is 0.548. The molecule has 2 aromatic rings. The van der Waals surface area contributed by atoms with Crippen molar-refractivity contribution in [3.05, 3.63) is 46.2 Å². The van der Waals surface area contributed by atoms with Crippen LogP contribution in [0.5, 0.6) is 0 Å². The maximum atomic E-state index is 12.9. The van der Waals surface area contributed by atoms with Crippen LogP contribution in [-0.2, 0) is 4.79 Å². The number of hydrogen-bond acceptors (Lipinski definition) is 8. The lowest BCUT2D eigenvalue weighted by molar-refractivity contribution is -0.116. The molecular weight excluding hydrogens is 506 g/mol. The van der Waals surface area contributed by atoms with Crippen molar-refractivity contribution in [3.63, 3.8) is 0 Å². The van der Waals surface area contributed by atoms with Crippen LogP contribution in [0.2, 0.25) is 5.15 Å². The van der Waals surface area contributed by atoms with Gasteiger partial charge in [-0.3, -0.25) is 19.3 Å². The molecule has 2 aliphatic heterocycles. The Balaban J connectivity index is 1.37. The second kappa shape index (κ2) is 12.1. The molecule has 2 fully saturated rings. The highest BCUT2D eigenvalue weighted by molar-refractivity contribution is 6.32. The van der Waals surface area contributed by atoms with Crippen LogP contribution in [0.4, 0.5) is 11.6 Å². The zero-order valence-electron chi connectivity index (χ0n) is 22.2. The van der Waals surface area contributed by atoms with Crippen molar-refractivity contribution in [2.24, 2.45) is 0 Å². The number of ketones is 1. The molecule has 2 saturated heterocycles. The van der Waals surface area contributed by atoms with E-state index in [1.54, 1.807) is 0 Å². The molecule has 0 unspecified atom stereocenters. The summed E-state index contributed by atoms with van der Waals surface area (Å²) in [6.45, 7) is 9.18. The van der Waals surface area contributed by atoms with Gasteiger partial charge in [-0.1, -0.05) is 36.2 Å². The Hall–Kier alpha value is -3.24. The fourth-order valence-electron chi connectivity index (χ4n) is 5.26. The summed E-state index contributed by atoms with van der Waals surface area (Å²) in [7, 11) is 0. The molecule has 10 nitrogen and oxygen atoms in total. The average Bonchev–Trinajstić information content (AvgIpc) is 2.92. The third-order valence-electron chi connectivity index (χ3n) is 7.39. The Bertz CT molecular complexity index is 1180. The van der Waals surface area contributed by atoms with E-state index in [9.17, 15) is 14.4 Å². The van der Waals surface area contributed by atoms with Crippen molar-refractivity contribution < 1.29 is 14.4 Å². The number of hydrogen-bond donors (Lipinski definition) is 2. The number of rotatable bonds is 7. The third kappa shape index (κ3) is 6.24. The number of carbonyl (C=O) groups excluding carboxylic acids is 3. The van der Waals surface area contributed by atoms with Gasteiger partial charge < -0.3 is 20.9 Å². The minimum Gasteiger partial charge on any atom is -0.382 e. The van der Waals surface area contributed by atoms with Gasteiger partial charge in [-0.05, 0) is 45.2 Å². The fraction of sp³-hybridized carbons (Fsp3) is 0.519. The summed E-state index contributed by atoms with van der Waals surface area (Å²) in [6.07, 6.45) is 2.82. The molecule has 1 aromatic heterocycles. The molecule has 11 heteroatoms. The molecule has 2 amide bonds. The van der Waals surface area contributed by atoms with Gasteiger partial charge in [0.2, 0.25) is 0 Å². The van der Waals surface area contributed by atoms with Crippen molar-refractivity contribution in [1.29, 1.82) is 0 Å². The lowest BCUT2D eigenvalue weighted by Crippen LogP contribution is -2.58. The molecule has 3 N–H and O–H groups in total. The third-order valence-corrected chi connectivity index (χ3v) is 7.65. The number of Topliss-reactive ketones (excluding diaryl/α,β-unsaturated/α-hetero) is 1. The number of nitrogens with two attached hydrogens (primary N) is 1. The summed E-state index contributed by atoms with van der Waals surface area (Å²) in [5.74, 6) is -0.221. The Morgan fingerprint density at radius 1 is 1.08 bits per heavy atom. The van der Waals surface area contributed by atoms with Crippen LogP contribution < -0.4 is 16.0 Å². The van der Waals surface area contributed by atoms with Gasteiger partial charge in [0.25, 0.3) is 11.8 Å². The Kier molecular flexibility index (Phi) is 8.83. The molecule has 0 spiro atoms. The highest BCUT2D eigenvalue weighted by atomic mass is 35.5. The Labute approximate surface area is 228 Å². The van der Waals surface area contributed by atoms with Crippen LogP contribution in [0.3, 0.4) is 0 Å². The predicted molar refractivity (Wildman–Crippen MR) is 148 cm³/mol. The first-order valence-corrected chi connectivity index (χ1v) is 13.5. The average molecular weight is 542 g/mol. The van der Waals surface area contributed by atoms with E-state index >= 15 is 0 Å². The summed E-state index contributed by atoms with van der Waals surface area (Å²) in [4.78, 5) is 51.7. The van der Waals surface area contributed by atoms with Crippen LogP contribution in [0, 0.1) is 6.92 Å². The molecule has 38 heavy (non-hydrogen) atoms. The molecule has 204 valence electrons. The van der Waals surface area contributed by atoms with Crippen molar-refractivity contribution in [3.8, 4) is 0 Å². The van der Waals surface area contributed by atoms with E-state index in [1.165, 1.54) is 6.92 Å². The standard InChI is InChI=1S/C27H36ClN7O3/c1-4-20-16-34(25-23(28)31-22(24(29)32-25)26(37)30-15-18(3)36)13-14-35(20)21-9-11-33(12-10-21)27(38)19-7-5-17(2)6-8-19/h5-8,20-21H,4,9-16H2,1-3H3,(H2,29,32)(H,30,37)/t20-/m0/s1. The number of nitrogen functional groups attached to an aromatic ring is 1. The van der Waals surface area contributed by atoms with E-state index in [1.807, 2.05) is 36.1 Å². The summed E-state index contributed by atoms with van der Waals surface area (Å²) in [5.41, 5.74) is 7.86. The monoisotopic (exact) mass is 541 g/mol. The number of piperazine rings is 1. The van der Waals surface area contributed by atoms with Gasteiger partial charge >= 0.3 is 0 Å². The molecule has 0 radical (unpaired) electrons. The van der Waals surface area contributed by atoms with Gasteiger partial charge in [0.05, 0.1) is 6.54 Å². The van der Waals surface area contributed by atoms with E-state index in [-0.39, 0.29) is 40.9 Å². The highest BCUT2D eigenvalue weighted by Crippen LogP contribution is 2.30. The summed E-state index contributed by atoms with van der Waals surface area (Å²) >= 11 is 6.45. The van der Waals surface area contributed by atoms with Gasteiger partial charge in [-0.15, -0.1) is 0 Å². The lowest BCUT2D eigenvalue weighted by atomic mass is 9.97. The largest absolute Gasteiger partial charge is 0.382 e. The van der Waals surface area contributed by atoms with Gasteiger partial charge in [0.1, 0.15) is 5.78 Å². The second-order valence-electron chi connectivity index (χ2n) is 10.1. The van der Waals surface area contributed by atoms with E-state index < -0.39 is 5.91 Å². The first-order valence-electron chi connectivity index (χ1n) is 13.1. The molecule has 1 atom stereocenters. The summed E-state index contributed by atoms with van der Waals surface area (Å²) in [5, 5.41) is 2.58.